The highest BCUT2D eigenvalue weighted by Gasteiger charge is 2.13. The van der Waals surface area contributed by atoms with Crippen molar-refractivity contribution in [1.29, 1.82) is 0 Å². The van der Waals surface area contributed by atoms with Crippen LogP contribution in [0.3, 0.4) is 0 Å². The van der Waals surface area contributed by atoms with Gasteiger partial charge in [-0.3, -0.25) is 4.79 Å². The van der Waals surface area contributed by atoms with E-state index in [1.54, 1.807) is 23.5 Å². The van der Waals surface area contributed by atoms with Crippen LogP contribution in [0.5, 0.6) is 0 Å². The van der Waals surface area contributed by atoms with Crippen molar-refractivity contribution in [1.82, 2.24) is 5.32 Å². The number of nitrogen functional groups attached to an aromatic ring is 1. The van der Waals surface area contributed by atoms with Gasteiger partial charge in [-0.2, -0.15) is 0 Å². The third kappa shape index (κ3) is 3.61. The maximum Gasteiger partial charge on any atom is 0.251 e. The molecule has 1 atom stereocenters. The second-order valence-electron chi connectivity index (χ2n) is 5.17. The lowest BCUT2D eigenvalue weighted by Crippen LogP contribution is -2.34. The lowest BCUT2D eigenvalue weighted by Gasteiger charge is -2.14. The van der Waals surface area contributed by atoms with Crippen molar-refractivity contribution in [2.75, 3.05) is 5.73 Å². The summed E-state index contributed by atoms with van der Waals surface area (Å²) in [4.78, 5) is 14.8. The molecule has 3 nitrogen and oxygen atoms in total. The molecule has 0 bridgehead atoms. The van der Waals surface area contributed by atoms with Gasteiger partial charge in [-0.1, -0.05) is 0 Å². The van der Waals surface area contributed by atoms with Crippen LogP contribution < -0.4 is 11.1 Å². The van der Waals surface area contributed by atoms with Crippen LogP contribution in [0.15, 0.2) is 30.3 Å². The van der Waals surface area contributed by atoms with Gasteiger partial charge in [0.05, 0.1) is 0 Å². The Bertz CT molecular complexity index is 619. The van der Waals surface area contributed by atoms with Crippen LogP contribution in [0.1, 0.15) is 32.6 Å². The van der Waals surface area contributed by atoms with Crippen LogP contribution in [0.4, 0.5) is 5.69 Å². The Kier molecular flexibility index (Phi) is 4.45. The van der Waals surface area contributed by atoms with E-state index in [9.17, 15) is 4.79 Å². The molecule has 2 aromatic rings. The van der Waals surface area contributed by atoms with Gasteiger partial charge in [-0.15, -0.1) is 11.3 Å². The van der Waals surface area contributed by atoms with Crippen LogP contribution in [0.25, 0.3) is 0 Å². The minimum absolute atomic E-state index is 0.0386. The van der Waals surface area contributed by atoms with Crippen molar-refractivity contribution in [2.24, 2.45) is 0 Å². The quantitative estimate of drug-likeness (QED) is 0.848. The standard InChI is InChI=1S/C16H20N2OS/c1-10-8-13(17)5-7-15(10)16(19)18-11(2)9-14-6-4-12(3)20-14/h4-8,11H,9,17H2,1-3H3,(H,18,19). The topological polar surface area (TPSA) is 55.1 Å². The zero-order valence-corrected chi connectivity index (χ0v) is 12.9. The van der Waals surface area contributed by atoms with Crippen LogP contribution in [0, 0.1) is 13.8 Å². The summed E-state index contributed by atoms with van der Waals surface area (Å²) in [6, 6.07) is 9.70. The first kappa shape index (κ1) is 14.6. The van der Waals surface area contributed by atoms with Gasteiger partial charge in [0.15, 0.2) is 0 Å². The van der Waals surface area contributed by atoms with Crippen molar-refractivity contribution in [3.63, 3.8) is 0 Å². The summed E-state index contributed by atoms with van der Waals surface area (Å²) in [5, 5.41) is 3.04. The second kappa shape index (κ2) is 6.09. The van der Waals surface area contributed by atoms with Gasteiger partial charge in [0, 0.05) is 33.5 Å². The average molecular weight is 288 g/mol. The summed E-state index contributed by atoms with van der Waals surface area (Å²) in [6.07, 6.45) is 0.859. The van der Waals surface area contributed by atoms with Gasteiger partial charge in [-0.25, -0.2) is 0 Å². The molecule has 1 aromatic carbocycles. The van der Waals surface area contributed by atoms with Gasteiger partial charge < -0.3 is 11.1 Å². The molecule has 1 amide bonds. The molecule has 0 aliphatic rings. The number of rotatable bonds is 4. The van der Waals surface area contributed by atoms with Gasteiger partial charge in [0.25, 0.3) is 5.91 Å². The lowest BCUT2D eigenvalue weighted by molar-refractivity contribution is 0.0939. The number of aryl methyl sites for hydroxylation is 2. The number of amides is 1. The van der Waals surface area contributed by atoms with E-state index in [-0.39, 0.29) is 11.9 Å². The molecular weight excluding hydrogens is 268 g/mol. The Morgan fingerprint density at radius 3 is 2.65 bits per heavy atom. The van der Waals surface area contributed by atoms with Crippen molar-refractivity contribution in [3.05, 3.63) is 51.2 Å². The number of benzene rings is 1. The zero-order valence-electron chi connectivity index (χ0n) is 12.1. The van der Waals surface area contributed by atoms with E-state index in [1.807, 2.05) is 19.9 Å². The highest BCUT2D eigenvalue weighted by Crippen LogP contribution is 2.17. The molecule has 3 N–H and O–H groups in total. The van der Waals surface area contributed by atoms with Gasteiger partial charge >= 0.3 is 0 Å². The number of hydrogen-bond donors (Lipinski definition) is 2. The van der Waals surface area contributed by atoms with Gasteiger partial charge in [0.2, 0.25) is 0 Å². The Balaban J connectivity index is 2.00. The number of anilines is 1. The molecule has 1 aromatic heterocycles. The van der Waals surface area contributed by atoms with Crippen molar-refractivity contribution >= 4 is 22.9 Å². The van der Waals surface area contributed by atoms with Crippen LogP contribution in [0.2, 0.25) is 0 Å². The zero-order chi connectivity index (χ0) is 14.7. The van der Waals surface area contributed by atoms with E-state index in [4.69, 9.17) is 5.73 Å². The minimum atomic E-state index is -0.0386. The summed E-state index contributed by atoms with van der Waals surface area (Å²) in [6.45, 7) is 6.02. The number of hydrogen-bond acceptors (Lipinski definition) is 3. The molecular formula is C16H20N2OS. The van der Waals surface area contributed by atoms with E-state index in [2.05, 4.69) is 24.4 Å². The third-order valence-corrected chi connectivity index (χ3v) is 4.20. The maximum absolute atomic E-state index is 12.2. The third-order valence-electron chi connectivity index (χ3n) is 3.18. The molecule has 4 heteroatoms. The first-order chi connectivity index (χ1) is 9.45. The fraction of sp³-hybridized carbons (Fsp3) is 0.312. The van der Waals surface area contributed by atoms with Crippen molar-refractivity contribution in [2.45, 2.75) is 33.2 Å². The summed E-state index contributed by atoms with van der Waals surface area (Å²) >= 11 is 1.78. The highest BCUT2D eigenvalue weighted by molar-refractivity contribution is 7.11. The minimum Gasteiger partial charge on any atom is -0.399 e. The largest absolute Gasteiger partial charge is 0.399 e. The fourth-order valence-electron chi connectivity index (χ4n) is 2.19. The molecule has 0 radical (unpaired) electrons. The molecule has 0 spiro atoms. The number of nitrogens with one attached hydrogen (secondary N) is 1. The molecule has 0 aliphatic carbocycles. The number of nitrogens with two attached hydrogens (primary N) is 1. The Morgan fingerprint density at radius 2 is 2.05 bits per heavy atom. The van der Waals surface area contributed by atoms with Crippen molar-refractivity contribution < 1.29 is 4.79 Å². The van der Waals surface area contributed by atoms with Crippen molar-refractivity contribution in [3.8, 4) is 0 Å². The normalized spacial score (nSPS) is 12.2. The molecule has 0 saturated heterocycles. The predicted molar refractivity (Wildman–Crippen MR) is 85.3 cm³/mol. The Morgan fingerprint density at radius 1 is 1.30 bits per heavy atom. The summed E-state index contributed by atoms with van der Waals surface area (Å²) in [5.74, 6) is -0.0386. The first-order valence-electron chi connectivity index (χ1n) is 6.68. The van der Waals surface area contributed by atoms with E-state index < -0.39 is 0 Å². The Hall–Kier alpha value is -1.81. The van der Waals surface area contributed by atoms with Crippen LogP contribution in [-0.2, 0) is 6.42 Å². The summed E-state index contributed by atoms with van der Waals surface area (Å²) in [5.41, 5.74) is 7.98. The molecule has 20 heavy (non-hydrogen) atoms. The van der Waals surface area contributed by atoms with E-state index in [0.717, 1.165) is 12.0 Å². The molecule has 0 saturated carbocycles. The molecule has 0 fully saturated rings. The van der Waals surface area contributed by atoms with Gasteiger partial charge in [-0.05, 0) is 56.7 Å². The second-order valence-corrected chi connectivity index (χ2v) is 6.54. The fourth-order valence-corrected chi connectivity index (χ4v) is 3.21. The summed E-state index contributed by atoms with van der Waals surface area (Å²) < 4.78 is 0. The molecule has 0 aliphatic heterocycles. The number of carbonyl (C=O) groups excluding carboxylic acids is 1. The first-order valence-corrected chi connectivity index (χ1v) is 7.49. The lowest BCUT2D eigenvalue weighted by atomic mass is 10.1. The van der Waals surface area contributed by atoms with E-state index in [0.29, 0.717) is 11.3 Å². The Labute approximate surface area is 123 Å². The van der Waals surface area contributed by atoms with Gasteiger partial charge in [0.1, 0.15) is 0 Å². The SMILES string of the molecule is Cc1ccc(CC(C)NC(=O)c2ccc(N)cc2C)s1. The molecule has 1 heterocycles. The number of thiophene rings is 1. The van der Waals surface area contributed by atoms with Crippen LogP contribution >= 0.6 is 11.3 Å². The van der Waals surface area contributed by atoms with E-state index >= 15 is 0 Å². The summed E-state index contributed by atoms with van der Waals surface area (Å²) in [7, 11) is 0. The molecule has 106 valence electrons. The smallest absolute Gasteiger partial charge is 0.251 e. The predicted octanol–water partition coefficient (Wildman–Crippen LogP) is 3.31. The molecule has 1 unspecified atom stereocenters. The van der Waals surface area contributed by atoms with E-state index in [1.165, 1.54) is 9.75 Å². The molecule has 2 rings (SSSR count). The number of carbonyl (C=O) groups is 1. The van der Waals surface area contributed by atoms with Crippen LogP contribution in [-0.4, -0.2) is 11.9 Å². The monoisotopic (exact) mass is 288 g/mol. The maximum atomic E-state index is 12.2. The highest BCUT2D eigenvalue weighted by atomic mass is 32.1. The average Bonchev–Trinajstić information content (AvgIpc) is 2.74.